The first-order valence-corrected chi connectivity index (χ1v) is 4.13. The summed E-state index contributed by atoms with van der Waals surface area (Å²) in [5.41, 5.74) is -0.611. The van der Waals surface area contributed by atoms with Gasteiger partial charge in [-0.1, -0.05) is 5.92 Å². The van der Waals surface area contributed by atoms with Crippen molar-refractivity contribution < 1.29 is 9.84 Å². The standard InChI is InChI=1S/C10H12N2O2/c1-10(2,13)5-4-8-9(14-3)12-7-6-11-8/h6-7,13H,1-3H3. The highest BCUT2D eigenvalue weighted by molar-refractivity contribution is 5.36. The van der Waals surface area contributed by atoms with Gasteiger partial charge in [0.25, 0.3) is 0 Å². The van der Waals surface area contributed by atoms with Crippen LogP contribution in [0.2, 0.25) is 0 Å². The largest absolute Gasteiger partial charge is 0.479 e. The Balaban J connectivity index is 3.00. The number of rotatable bonds is 1. The van der Waals surface area contributed by atoms with Crippen LogP contribution < -0.4 is 4.74 Å². The summed E-state index contributed by atoms with van der Waals surface area (Å²) < 4.78 is 4.95. The van der Waals surface area contributed by atoms with Gasteiger partial charge < -0.3 is 9.84 Å². The van der Waals surface area contributed by atoms with E-state index in [4.69, 9.17) is 4.74 Å². The van der Waals surface area contributed by atoms with Crippen molar-refractivity contribution in [2.75, 3.05) is 7.11 Å². The summed E-state index contributed by atoms with van der Waals surface area (Å²) in [5.74, 6) is 5.71. The van der Waals surface area contributed by atoms with Gasteiger partial charge in [0.15, 0.2) is 5.69 Å². The molecule has 0 radical (unpaired) electrons. The summed E-state index contributed by atoms with van der Waals surface area (Å²) in [6, 6.07) is 0. The van der Waals surface area contributed by atoms with E-state index in [9.17, 15) is 5.11 Å². The van der Waals surface area contributed by atoms with Crippen molar-refractivity contribution in [1.82, 2.24) is 9.97 Å². The number of aromatic nitrogens is 2. The van der Waals surface area contributed by atoms with E-state index in [0.717, 1.165) is 0 Å². The number of hydrogen-bond acceptors (Lipinski definition) is 4. The van der Waals surface area contributed by atoms with Gasteiger partial charge in [0.2, 0.25) is 5.88 Å². The van der Waals surface area contributed by atoms with E-state index in [1.165, 1.54) is 19.5 Å². The molecular weight excluding hydrogens is 180 g/mol. The highest BCUT2D eigenvalue weighted by Crippen LogP contribution is 2.09. The SMILES string of the molecule is COc1nccnc1C#CC(C)(C)O. The molecule has 74 valence electrons. The molecule has 0 aromatic carbocycles. The molecule has 0 spiro atoms. The van der Waals surface area contributed by atoms with Crippen LogP contribution in [0.3, 0.4) is 0 Å². The average molecular weight is 192 g/mol. The molecule has 0 saturated carbocycles. The second-order valence-electron chi connectivity index (χ2n) is 3.22. The zero-order valence-electron chi connectivity index (χ0n) is 8.40. The van der Waals surface area contributed by atoms with Gasteiger partial charge in [0.05, 0.1) is 7.11 Å². The second kappa shape index (κ2) is 4.07. The summed E-state index contributed by atoms with van der Waals surface area (Å²) in [4.78, 5) is 7.91. The number of hydrogen-bond donors (Lipinski definition) is 1. The molecule has 0 amide bonds. The van der Waals surface area contributed by atoms with Crippen molar-refractivity contribution in [2.24, 2.45) is 0 Å². The van der Waals surface area contributed by atoms with Gasteiger partial charge in [-0.15, -0.1) is 0 Å². The Hall–Kier alpha value is -1.60. The van der Waals surface area contributed by atoms with Gasteiger partial charge in [-0.2, -0.15) is 0 Å². The predicted octanol–water partition coefficient (Wildman–Crippen LogP) is 0.608. The molecule has 0 fully saturated rings. The maximum atomic E-state index is 9.38. The van der Waals surface area contributed by atoms with Crippen molar-refractivity contribution in [2.45, 2.75) is 19.4 Å². The molecule has 4 heteroatoms. The number of ether oxygens (including phenoxy) is 1. The summed E-state index contributed by atoms with van der Waals surface area (Å²) in [5, 5.41) is 9.38. The third-order valence-electron chi connectivity index (χ3n) is 1.34. The van der Waals surface area contributed by atoms with Crippen molar-refractivity contribution in [1.29, 1.82) is 0 Å². The first-order chi connectivity index (χ1) is 6.53. The Morgan fingerprint density at radius 3 is 2.57 bits per heavy atom. The lowest BCUT2D eigenvalue weighted by atomic mass is 10.1. The fourth-order valence-corrected chi connectivity index (χ4v) is 0.773. The quantitative estimate of drug-likeness (QED) is 0.662. The zero-order chi connectivity index (χ0) is 10.6. The van der Waals surface area contributed by atoms with E-state index in [0.29, 0.717) is 11.6 Å². The highest BCUT2D eigenvalue weighted by atomic mass is 16.5. The molecule has 0 aliphatic heterocycles. The zero-order valence-corrected chi connectivity index (χ0v) is 8.40. The highest BCUT2D eigenvalue weighted by Gasteiger charge is 2.07. The molecular formula is C10H12N2O2. The van der Waals surface area contributed by atoms with E-state index in [1.54, 1.807) is 13.8 Å². The third kappa shape index (κ3) is 3.04. The summed E-state index contributed by atoms with van der Waals surface area (Å²) in [6.07, 6.45) is 3.05. The lowest BCUT2D eigenvalue weighted by molar-refractivity contribution is 0.143. The van der Waals surface area contributed by atoms with Gasteiger partial charge in [0.1, 0.15) is 5.60 Å². The Morgan fingerprint density at radius 2 is 2.00 bits per heavy atom. The first kappa shape index (κ1) is 10.5. The second-order valence-corrected chi connectivity index (χ2v) is 3.22. The summed E-state index contributed by atoms with van der Waals surface area (Å²) in [6.45, 7) is 3.20. The topological polar surface area (TPSA) is 55.2 Å². The van der Waals surface area contributed by atoms with Gasteiger partial charge in [-0.25, -0.2) is 9.97 Å². The molecule has 0 saturated heterocycles. The lowest BCUT2D eigenvalue weighted by Gasteiger charge is -2.06. The molecule has 4 nitrogen and oxygen atoms in total. The predicted molar refractivity (Wildman–Crippen MR) is 51.8 cm³/mol. The van der Waals surface area contributed by atoms with Crippen molar-refractivity contribution in [3.63, 3.8) is 0 Å². The molecule has 1 rings (SSSR count). The van der Waals surface area contributed by atoms with Crippen molar-refractivity contribution in [3.05, 3.63) is 18.1 Å². The monoisotopic (exact) mass is 192 g/mol. The Labute approximate surface area is 83.0 Å². The lowest BCUT2D eigenvalue weighted by Crippen LogP contribution is -2.14. The van der Waals surface area contributed by atoms with Crippen LogP contribution >= 0.6 is 0 Å². The Morgan fingerprint density at radius 1 is 1.36 bits per heavy atom. The van der Waals surface area contributed by atoms with E-state index >= 15 is 0 Å². The molecule has 0 aliphatic rings. The van der Waals surface area contributed by atoms with E-state index in [1.807, 2.05) is 0 Å². The number of aliphatic hydroxyl groups is 1. The van der Waals surface area contributed by atoms with Crippen LogP contribution in [-0.2, 0) is 0 Å². The van der Waals surface area contributed by atoms with Crippen LogP contribution in [0.5, 0.6) is 5.88 Å². The molecule has 1 aromatic heterocycles. The Bertz CT molecular complexity index is 372. The van der Waals surface area contributed by atoms with Crippen LogP contribution in [0.1, 0.15) is 19.5 Å². The van der Waals surface area contributed by atoms with Crippen molar-refractivity contribution in [3.8, 4) is 17.7 Å². The van der Waals surface area contributed by atoms with E-state index in [2.05, 4.69) is 21.8 Å². The maximum absolute atomic E-state index is 9.38. The van der Waals surface area contributed by atoms with Gasteiger partial charge >= 0.3 is 0 Å². The summed E-state index contributed by atoms with van der Waals surface area (Å²) >= 11 is 0. The fraction of sp³-hybridized carbons (Fsp3) is 0.400. The minimum absolute atomic E-state index is 0.365. The average Bonchev–Trinajstić information content (AvgIpc) is 2.14. The first-order valence-electron chi connectivity index (χ1n) is 4.13. The molecule has 1 N–H and O–H groups in total. The van der Waals surface area contributed by atoms with Gasteiger partial charge in [0, 0.05) is 12.4 Å². The molecule has 14 heavy (non-hydrogen) atoms. The molecule has 0 bridgehead atoms. The van der Waals surface area contributed by atoms with Crippen LogP contribution in [-0.4, -0.2) is 27.8 Å². The van der Waals surface area contributed by atoms with Crippen LogP contribution in [0.15, 0.2) is 12.4 Å². The van der Waals surface area contributed by atoms with E-state index in [-0.39, 0.29) is 0 Å². The fourth-order valence-electron chi connectivity index (χ4n) is 0.773. The molecule has 1 aromatic rings. The molecule has 0 unspecified atom stereocenters. The third-order valence-corrected chi connectivity index (χ3v) is 1.34. The van der Waals surface area contributed by atoms with Crippen LogP contribution in [0, 0.1) is 11.8 Å². The normalized spacial score (nSPS) is 10.3. The molecule has 0 aliphatic carbocycles. The smallest absolute Gasteiger partial charge is 0.248 e. The van der Waals surface area contributed by atoms with Gasteiger partial charge in [-0.3, -0.25) is 0 Å². The molecule has 0 atom stereocenters. The minimum atomic E-state index is -1.04. The van der Waals surface area contributed by atoms with Crippen LogP contribution in [0.25, 0.3) is 0 Å². The Kier molecular flexibility index (Phi) is 3.05. The number of methoxy groups -OCH3 is 1. The van der Waals surface area contributed by atoms with E-state index < -0.39 is 5.60 Å². The van der Waals surface area contributed by atoms with Crippen molar-refractivity contribution >= 4 is 0 Å². The summed E-state index contributed by atoms with van der Waals surface area (Å²) in [7, 11) is 1.50. The van der Waals surface area contributed by atoms with Crippen LogP contribution in [0.4, 0.5) is 0 Å². The van der Waals surface area contributed by atoms with Gasteiger partial charge in [-0.05, 0) is 19.8 Å². The minimum Gasteiger partial charge on any atom is -0.479 e. The molecule has 1 heterocycles. The number of nitrogens with zero attached hydrogens (tertiary/aromatic N) is 2. The maximum Gasteiger partial charge on any atom is 0.248 e.